The van der Waals surface area contributed by atoms with E-state index in [9.17, 15) is 4.79 Å². The molecule has 8 nitrogen and oxygen atoms in total. The zero-order valence-electron chi connectivity index (χ0n) is 17.3. The molecule has 2 aromatic rings. The second-order valence-corrected chi connectivity index (χ2v) is 7.17. The maximum absolute atomic E-state index is 11.9. The summed E-state index contributed by atoms with van der Waals surface area (Å²) < 4.78 is 15.8. The zero-order valence-corrected chi connectivity index (χ0v) is 17.3. The van der Waals surface area contributed by atoms with Gasteiger partial charge in [0.15, 0.2) is 5.96 Å². The topological polar surface area (TPSA) is 98.0 Å². The van der Waals surface area contributed by atoms with E-state index in [1.165, 1.54) is 14.2 Å². The second kappa shape index (κ2) is 9.25. The van der Waals surface area contributed by atoms with Gasteiger partial charge in [-0.2, -0.15) is 0 Å². The molecule has 2 N–H and O–H groups in total. The molecule has 8 heteroatoms. The molecule has 0 fully saturated rings. The molecule has 0 aliphatic heterocycles. The van der Waals surface area contributed by atoms with Gasteiger partial charge in [0.2, 0.25) is 5.89 Å². The standard InChI is InChI=1S/C20H28N4O4/c1-20(2,3)16-11-22-17(28-16)12-24-19(21-4)23-10-13-7-8-15(26-5)14(9-13)18(25)27-6/h7-9,11H,10,12H2,1-6H3,(H2,21,23,24). The number of benzene rings is 1. The van der Waals surface area contributed by atoms with Crippen LogP contribution in [0, 0.1) is 0 Å². The molecular formula is C20H28N4O4. The molecule has 28 heavy (non-hydrogen) atoms. The summed E-state index contributed by atoms with van der Waals surface area (Å²) in [5, 5.41) is 6.35. The van der Waals surface area contributed by atoms with Crippen molar-refractivity contribution in [1.29, 1.82) is 0 Å². The number of carbonyl (C=O) groups is 1. The maximum Gasteiger partial charge on any atom is 0.341 e. The van der Waals surface area contributed by atoms with E-state index in [-0.39, 0.29) is 5.41 Å². The average Bonchev–Trinajstić information content (AvgIpc) is 3.17. The van der Waals surface area contributed by atoms with Crippen LogP contribution in [0.25, 0.3) is 0 Å². The number of guanidine groups is 1. The molecule has 0 spiro atoms. The van der Waals surface area contributed by atoms with Crippen LogP contribution >= 0.6 is 0 Å². The van der Waals surface area contributed by atoms with Crippen LogP contribution in [0.3, 0.4) is 0 Å². The van der Waals surface area contributed by atoms with Gasteiger partial charge in [0.1, 0.15) is 17.1 Å². The lowest BCUT2D eigenvalue weighted by Gasteiger charge is -2.14. The zero-order chi connectivity index (χ0) is 20.7. The van der Waals surface area contributed by atoms with Crippen LogP contribution in [-0.4, -0.2) is 38.2 Å². The van der Waals surface area contributed by atoms with Crippen LogP contribution < -0.4 is 15.4 Å². The molecule has 152 valence electrons. The van der Waals surface area contributed by atoms with Crippen molar-refractivity contribution in [2.45, 2.75) is 39.3 Å². The molecule has 1 aromatic carbocycles. The van der Waals surface area contributed by atoms with Crippen LogP contribution in [-0.2, 0) is 23.2 Å². The number of oxazole rings is 1. The Hall–Kier alpha value is -3.03. The van der Waals surface area contributed by atoms with Crippen LogP contribution in [0.5, 0.6) is 5.75 Å². The maximum atomic E-state index is 11.9. The SMILES string of the molecule is CN=C(NCc1ccc(OC)c(C(=O)OC)c1)NCc1ncc(C(C)(C)C)o1. The van der Waals surface area contributed by atoms with Crippen molar-refractivity contribution in [3.05, 3.63) is 47.2 Å². The summed E-state index contributed by atoms with van der Waals surface area (Å²) >= 11 is 0. The van der Waals surface area contributed by atoms with Crippen molar-refractivity contribution >= 4 is 11.9 Å². The largest absolute Gasteiger partial charge is 0.496 e. The fourth-order valence-electron chi connectivity index (χ4n) is 2.44. The molecule has 0 radical (unpaired) electrons. The fraction of sp³-hybridized carbons (Fsp3) is 0.450. The molecule has 0 bridgehead atoms. The van der Waals surface area contributed by atoms with E-state index >= 15 is 0 Å². The predicted molar refractivity (Wildman–Crippen MR) is 107 cm³/mol. The van der Waals surface area contributed by atoms with Crippen molar-refractivity contribution in [1.82, 2.24) is 15.6 Å². The number of aliphatic imine (C=N–C) groups is 1. The third-order valence-corrected chi connectivity index (χ3v) is 4.05. The number of nitrogens with one attached hydrogen (secondary N) is 2. The van der Waals surface area contributed by atoms with E-state index in [1.54, 1.807) is 25.4 Å². The molecular weight excluding hydrogens is 360 g/mol. The first-order chi connectivity index (χ1) is 13.3. The van der Waals surface area contributed by atoms with E-state index in [2.05, 4.69) is 41.4 Å². The predicted octanol–water partition coefficient (Wildman–Crippen LogP) is 2.63. The first-order valence-electron chi connectivity index (χ1n) is 8.93. The normalized spacial score (nSPS) is 11.9. The number of nitrogens with zero attached hydrogens (tertiary/aromatic N) is 2. The van der Waals surface area contributed by atoms with E-state index in [0.717, 1.165) is 11.3 Å². The Morgan fingerprint density at radius 3 is 2.50 bits per heavy atom. The molecule has 0 atom stereocenters. The van der Waals surface area contributed by atoms with Gasteiger partial charge < -0.3 is 24.5 Å². The summed E-state index contributed by atoms with van der Waals surface area (Å²) in [6.45, 7) is 7.09. The molecule has 1 heterocycles. The minimum absolute atomic E-state index is 0.0864. The van der Waals surface area contributed by atoms with E-state index in [0.29, 0.717) is 36.3 Å². The molecule has 0 aliphatic rings. The smallest absolute Gasteiger partial charge is 0.341 e. The number of rotatable bonds is 6. The highest BCUT2D eigenvalue weighted by Crippen LogP contribution is 2.22. The van der Waals surface area contributed by atoms with Gasteiger partial charge in [0.25, 0.3) is 0 Å². The number of aromatic nitrogens is 1. The molecule has 0 unspecified atom stereocenters. The Balaban J connectivity index is 1.97. The number of ether oxygens (including phenoxy) is 2. The van der Waals surface area contributed by atoms with Gasteiger partial charge in [-0.1, -0.05) is 26.8 Å². The van der Waals surface area contributed by atoms with E-state index < -0.39 is 5.97 Å². The van der Waals surface area contributed by atoms with Gasteiger partial charge in [-0.05, 0) is 17.7 Å². The number of hydrogen-bond acceptors (Lipinski definition) is 6. The number of methoxy groups -OCH3 is 2. The Bertz CT molecular complexity index is 837. The van der Waals surface area contributed by atoms with Crippen LogP contribution in [0.15, 0.2) is 33.8 Å². The lowest BCUT2D eigenvalue weighted by Crippen LogP contribution is -2.36. The van der Waals surface area contributed by atoms with Gasteiger partial charge in [0.05, 0.1) is 27.0 Å². The van der Waals surface area contributed by atoms with E-state index in [4.69, 9.17) is 13.9 Å². The van der Waals surface area contributed by atoms with Gasteiger partial charge in [-0.15, -0.1) is 0 Å². The number of esters is 1. The Labute approximate surface area is 165 Å². The minimum Gasteiger partial charge on any atom is -0.496 e. The van der Waals surface area contributed by atoms with Crippen LogP contribution in [0.1, 0.15) is 48.3 Å². The lowest BCUT2D eigenvalue weighted by atomic mass is 9.94. The molecule has 0 saturated carbocycles. The van der Waals surface area contributed by atoms with Crippen molar-refractivity contribution in [2.24, 2.45) is 4.99 Å². The Morgan fingerprint density at radius 1 is 1.21 bits per heavy atom. The summed E-state index contributed by atoms with van der Waals surface area (Å²) in [6, 6.07) is 5.34. The third kappa shape index (κ3) is 5.48. The summed E-state index contributed by atoms with van der Waals surface area (Å²) in [5.41, 5.74) is 1.17. The van der Waals surface area contributed by atoms with Gasteiger partial charge in [0, 0.05) is 19.0 Å². The van der Waals surface area contributed by atoms with Crippen LogP contribution in [0.2, 0.25) is 0 Å². The van der Waals surface area contributed by atoms with E-state index in [1.807, 2.05) is 6.07 Å². The molecule has 2 rings (SSSR count). The number of carbonyl (C=O) groups excluding carboxylic acids is 1. The first kappa shape index (κ1) is 21.3. The monoisotopic (exact) mass is 388 g/mol. The Kier molecular flexibility index (Phi) is 7.03. The highest BCUT2D eigenvalue weighted by molar-refractivity contribution is 5.92. The van der Waals surface area contributed by atoms with Gasteiger partial charge in [-0.25, -0.2) is 9.78 Å². The first-order valence-corrected chi connectivity index (χ1v) is 8.93. The molecule has 1 aromatic heterocycles. The summed E-state index contributed by atoms with van der Waals surface area (Å²) in [5.74, 6) is 2.04. The highest BCUT2D eigenvalue weighted by Gasteiger charge is 2.19. The number of hydrogen-bond donors (Lipinski definition) is 2. The van der Waals surface area contributed by atoms with Crippen LogP contribution in [0.4, 0.5) is 0 Å². The third-order valence-electron chi connectivity index (χ3n) is 4.05. The summed E-state index contributed by atoms with van der Waals surface area (Å²) in [6.07, 6.45) is 1.75. The molecule has 0 aliphatic carbocycles. The van der Waals surface area contributed by atoms with Crippen molar-refractivity contribution in [3.8, 4) is 5.75 Å². The lowest BCUT2D eigenvalue weighted by molar-refractivity contribution is 0.0597. The minimum atomic E-state index is -0.445. The Morgan fingerprint density at radius 2 is 1.93 bits per heavy atom. The highest BCUT2D eigenvalue weighted by atomic mass is 16.5. The molecule has 0 saturated heterocycles. The summed E-state index contributed by atoms with van der Waals surface area (Å²) in [7, 11) is 4.53. The van der Waals surface area contributed by atoms with Gasteiger partial charge in [-0.3, -0.25) is 4.99 Å². The second-order valence-electron chi connectivity index (χ2n) is 7.17. The quantitative estimate of drug-likeness (QED) is 0.446. The fourth-order valence-corrected chi connectivity index (χ4v) is 2.44. The molecule has 0 amide bonds. The van der Waals surface area contributed by atoms with Crippen molar-refractivity contribution < 1.29 is 18.7 Å². The average molecular weight is 388 g/mol. The van der Waals surface area contributed by atoms with Crippen molar-refractivity contribution in [2.75, 3.05) is 21.3 Å². The van der Waals surface area contributed by atoms with Crippen molar-refractivity contribution in [3.63, 3.8) is 0 Å². The summed E-state index contributed by atoms with van der Waals surface area (Å²) in [4.78, 5) is 20.4. The van der Waals surface area contributed by atoms with Gasteiger partial charge >= 0.3 is 5.97 Å².